The van der Waals surface area contributed by atoms with Gasteiger partial charge in [-0.1, -0.05) is 11.5 Å². The van der Waals surface area contributed by atoms with Crippen LogP contribution < -0.4 is 0 Å². The highest BCUT2D eigenvalue weighted by Crippen LogP contribution is 1.78. The lowest BCUT2D eigenvalue weighted by Gasteiger charge is -1.73. The van der Waals surface area contributed by atoms with Crippen LogP contribution in [0.15, 0.2) is 23.4 Å². The summed E-state index contributed by atoms with van der Waals surface area (Å²) in [7, 11) is -4.02. The summed E-state index contributed by atoms with van der Waals surface area (Å²) in [5.41, 5.74) is 3.99. The van der Waals surface area contributed by atoms with E-state index in [1.807, 2.05) is 11.5 Å². The molecule has 0 unspecified atom stereocenters. The first-order valence-electron chi connectivity index (χ1n) is 1.64. The lowest BCUT2D eigenvalue weighted by atomic mass is 10.9. The quantitative estimate of drug-likeness (QED) is 0.413. The highest BCUT2D eigenvalue weighted by Gasteiger charge is 1.90. The highest BCUT2D eigenvalue weighted by molar-refractivity contribution is 7.88. The van der Waals surface area contributed by atoms with Gasteiger partial charge in [-0.2, -0.15) is 8.42 Å². The van der Waals surface area contributed by atoms with E-state index >= 15 is 0 Å². The minimum absolute atomic E-state index is 0.472. The van der Waals surface area contributed by atoms with Gasteiger partial charge in [-0.25, -0.2) is 0 Å². The zero-order valence-electron chi connectivity index (χ0n) is 3.96. The van der Waals surface area contributed by atoms with E-state index in [-0.39, 0.29) is 0 Å². The lowest BCUT2D eigenvalue weighted by Crippen LogP contribution is -1.86. The van der Waals surface area contributed by atoms with Crippen molar-refractivity contribution in [2.75, 3.05) is 0 Å². The number of rotatable bonds is 1. The SMILES string of the molecule is C=C=C=CS(=O)(=O)O. The van der Waals surface area contributed by atoms with E-state index in [1.54, 1.807) is 0 Å². The third kappa shape index (κ3) is 5.21. The van der Waals surface area contributed by atoms with E-state index in [0.717, 1.165) is 0 Å². The fourth-order valence-corrected chi connectivity index (χ4v) is 0.348. The molecule has 0 aromatic carbocycles. The molecule has 0 aromatic rings. The lowest BCUT2D eigenvalue weighted by molar-refractivity contribution is 0.494. The van der Waals surface area contributed by atoms with Crippen molar-refractivity contribution in [3.8, 4) is 0 Å². The zero-order valence-corrected chi connectivity index (χ0v) is 4.77. The fraction of sp³-hybridized carbons (Fsp3) is 0. The second-order valence-electron chi connectivity index (χ2n) is 0.954. The van der Waals surface area contributed by atoms with E-state index in [9.17, 15) is 8.42 Å². The second kappa shape index (κ2) is 2.50. The summed E-state index contributed by atoms with van der Waals surface area (Å²) in [6.07, 6.45) is 0. The van der Waals surface area contributed by atoms with E-state index in [4.69, 9.17) is 4.55 Å². The molecule has 4 heteroatoms. The molecule has 0 saturated carbocycles. The Morgan fingerprint density at radius 2 is 2.12 bits per heavy atom. The van der Waals surface area contributed by atoms with Crippen molar-refractivity contribution in [1.82, 2.24) is 0 Å². The predicted molar refractivity (Wildman–Crippen MR) is 28.8 cm³/mol. The molecule has 0 aliphatic heterocycles. The molecular weight excluding hydrogens is 128 g/mol. The van der Waals surface area contributed by atoms with Crippen LogP contribution in [0.5, 0.6) is 0 Å². The van der Waals surface area contributed by atoms with Gasteiger partial charge in [0.1, 0.15) is 5.41 Å². The van der Waals surface area contributed by atoms with E-state index in [0.29, 0.717) is 5.41 Å². The van der Waals surface area contributed by atoms with Gasteiger partial charge in [0.15, 0.2) is 0 Å². The molecule has 0 amide bonds. The Morgan fingerprint density at radius 3 is 2.25 bits per heavy atom. The molecule has 0 aromatic heterocycles. The van der Waals surface area contributed by atoms with Crippen LogP contribution in [-0.2, 0) is 10.1 Å². The maximum Gasteiger partial charge on any atom is 0.295 e. The van der Waals surface area contributed by atoms with Gasteiger partial charge < -0.3 is 0 Å². The average molecular weight is 132 g/mol. The van der Waals surface area contributed by atoms with E-state index < -0.39 is 10.1 Å². The Morgan fingerprint density at radius 1 is 1.62 bits per heavy atom. The molecule has 0 saturated heterocycles. The maximum absolute atomic E-state index is 9.76. The minimum atomic E-state index is -4.02. The molecule has 0 aliphatic rings. The number of hydrogen-bond acceptors (Lipinski definition) is 2. The van der Waals surface area contributed by atoms with Crippen LogP contribution in [0.2, 0.25) is 0 Å². The molecule has 44 valence electrons. The van der Waals surface area contributed by atoms with Gasteiger partial charge in [0.25, 0.3) is 10.1 Å². The van der Waals surface area contributed by atoms with Crippen molar-refractivity contribution in [2.24, 2.45) is 0 Å². The van der Waals surface area contributed by atoms with Gasteiger partial charge in [-0.05, 0) is 6.58 Å². The molecule has 0 aliphatic carbocycles. The van der Waals surface area contributed by atoms with Crippen molar-refractivity contribution in [3.63, 3.8) is 0 Å². The van der Waals surface area contributed by atoms with Crippen LogP contribution >= 0.6 is 0 Å². The van der Waals surface area contributed by atoms with Crippen LogP contribution in [0.4, 0.5) is 0 Å². The van der Waals surface area contributed by atoms with Crippen LogP contribution in [0.25, 0.3) is 0 Å². The van der Waals surface area contributed by atoms with Crippen LogP contribution in [0, 0.1) is 0 Å². The molecule has 0 bridgehead atoms. The van der Waals surface area contributed by atoms with E-state index in [2.05, 4.69) is 6.58 Å². The Bertz CT molecular complexity index is 236. The third-order valence-electron chi connectivity index (χ3n) is 0.310. The number of hydrogen-bond donors (Lipinski definition) is 1. The summed E-state index contributed by atoms with van der Waals surface area (Å²) < 4.78 is 27.5. The molecule has 0 radical (unpaired) electrons. The average Bonchev–Trinajstić information content (AvgIpc) is 1.59. The van der Waals surface area contributed by atoms with Crippen LogP contribution in [-0.4, -0.2) is 13.0 Å². The summed E-state index contributed by atoms with van der Waals surface area (Å²) in [5, 5.41) is 0.472. The van der Waals surface area contributed by atoms with Gasteiger partial charge in [0, 0.05) is 0 Å². The largest absolute Gasteiger partial charge is 0.295 e. The normalized spacial score (nSPS) is 9.12. The van der Waals surface area contributed by atoms with Gasteiger partial charge in [-0.3, -0.25) is 4.55 Å². The zero-order chi connectivity index (χ0) is 6.62. The monoisotopic (exact) mass is 132 g/mol. The molecule has 0 spiro atoms. The summed E-state index contributed by atoms with van der Waals surface area (Å²) in [4.78, 5) is 0. The molecule has 8 heavy (non-hydrogen) atoms. The topological polar surface area (TPSA) is 54.4 Å². The molecule has 0 heterocycles. The first kappa shape index (κ1) is 7.21. The van der Waals surface area contributed by atoms with Crippen molar-refractivity contribution in [1.29, 1.82) is 0 Å². The first-order valence-corrected chi connectivity index (χ1v) is 3.15. The van der Waals surface area contributed by atoms with Gasteiger partial charge >= 0.3 is 0 Å². The van der Waals surface area contributed by atoms with Crippen molar-refractivity contribution >= 4 is 10.1 Å². The van der Waals surface area contributed by atoms with Gasteiger partial charge in [0.2, 0.25) is 0 Å². The summed E-state index contributed by atoms with van der Waals surface area (Å²) in [6, 6.07) is 0. The molecule has 0 atom stereocenters. The Hall–Kier alpha value is -0.790. The van der Waals surface area contributed by atoms with Crippen molar-refractivity contribution in [2.45, 2.75) is 0 Å². The summed E-state index contributed by atoms with van der Waals surface area (Å²) in [5.74, 6) is 0. The van der Waals surface area contributed by atoms with Gasteiger partial charge in [-0.15, -0.1) is 0 Å². The van der Waals surface area contributed by atoms with Crippen molar-refractivity contribution < 1.29 is 13.0 Å². The Balaban J connectivity index is 4.63. The minimum Gasteiger partial charge on any atom is -0.282 e. The predicted octanol–water partition coefficient (Wildman–Crippen LogP) is 0.328. The van der Waals surface area contributed by atoms with Crippen LogP contribution in [0.3, 0.4) is 0 Å². The Kier molecular flexibility index (Phi) is 2.25. The fourth-order valence-electron chi connectivity index (χ4n) is 0.116. The molecule has 1 N–H and O–H groups in total. The third-order valence-corrected chi connectivity index (χ3v) is 0.726. The molecule has 0 fully saturated rings. The first-order chi connectivity index (χ1) is 3.56. The van der Waals surface area contributed by atoms with Crippen molar-refractivity contribution in [3.05, 3.63) is 23.4 Å². The van der Waals surface area contributed by atoms with Crippen LogP contribution in [0.1, 0.15) is 0 Å². The molecule has 0 rings (SSSR count). The van der Waals surface area contributed by atoms with Gasteiger partial charge in [0.05, 0.1) is 0 Å². The Labute approximate surface area is 47.4 Å². The second-order valence-corrected chi connectivity index (χ2v) is 2.22. The summed E-state index contributed by atoms with van der Waals surface area (Å²) >= 11 is 0. The van der Waals surface area contributed by atoms with E-state index in [1.165, 1.54) is 0 Å². The molecule has 3 nitrogen and oxygen atoms in total. The maximum atomic E-state index is 9.76. The smallest absolute Gasteiger partial charge is 0.282 e. The molecular formula is C4H4O3S. The standard InChI is InChI=1S/C4H4O3S/c1-2-3-4-8(5,6)7/h4H,1H2,(H,5,6,7). The highest BCUT2D eigenvalue weighted by atomic mass is 32.2. The summed E-state index contributed by atoms with van der Waals surface area (Å²) in [6.45, 7) is 3.02.